The highest BCUT2D eigenvalue weighted by atomic mass is 16.2. The molecule has 0 spiro atoms. The van der Waals surface area contributed by atoms with Crippen molar-refractivity contribution in [1.82, 2.24) is 10.2 Å². The third-order valence-electron chi connectivity index (χ3n) is 2.87. The predicted molar refractivity (Wildman–Crippen MR) is 80.8 cm³/mol. The van der Waals surface area contributed by atoms with E-state index in [0.29, 0.717) is 17.7 Å². The van der Waals surface area contributed by atoms with E-state index in [4.69, 9.17) is 0 Å². The Morgan fingerprint density at radius 2 is 1.80 bits per heavy atom. The molecular formula is C15H23N3O2. The minimum Gasteiger partial charge on any atom is -0.345 e. The number of hydrogen-bond acceptors (Lipinski definition) is 3. The van der Waals surface area contributed by atoms with Gasteiger partial charge in [0, 0.05) is 37.8 Å². The van der Waals surface area contributed by atoms with E-state index in [0.717, 1.165) is 6.54 Å². The molecule has 2 N–H and O–H groups in total. The maximum absolute atomic E-state index is 11.8. The van der Waals surface area contributed by atoms with Crippen LogP contribution < -0.4 is 10.6 Å². The van der Waals surface area contributed by atoms with E-state index in [9.17, 15) is 9.59 Å². The zero-order chi connectivity index (χ0) is 15.1. The van der Waals surface area contributed by atoms with Crippen molar-refractivity contribution in [3.63, 3.8) is 0 Å². The first-order valence-electron chi connectivity index (χ1n) is 6.79. The first kappa shape index (κ1) is 16.2. The van der Waals surface area contributed by atoms with Crippen molar-refractivity contribution >= 4 is 17.5 Å². The van der Waals surface area contributed by atoms with Crippen LogP contribution in [0.3, 0.4) is 0 Å². The molecule has 1 rings (SSSR count). The molecule has 0 bridgehead atoms. The van der Waals surface area contributed by atoms with Crippen LogP contribution in [0.15, 0.2) is 24.3 Å². The summed E-state index contributed by atoms with van der Waals surface area (Å²) in [5, 5.41) is 6.01. The lowest BCUT2D eigenvalue weighted by Crippen LogP contribution is -2.30. The Morgan fingerprint density at radius 3 is 2.30 bits per heavy atom. The molecule has 2 amide bonds. The second-order valence-corrected chi connectivity index (χ2v) is 4.99. The third-order valence-corrected chi connectivity index (χ3v) is 2.87. The molecule has 0 aliphatic heterocycles. The molecule has 0 heterocycles. The van der Waals surface area contributed by atoms with Crippen molar-refractivity contribution in [3.8, 4) is 0 Å². The highest BCUT2D eigenvalue weighted by Gasteiger charge is 2.10. The maximum atomic E-state index is 11.8. The number of benzene rings is 1. The first-order valence-corrected chi connectivity index (χ1v) is 6.79. The number of rotatable bonds is 6. The number of carbonyl (C=O) groups excluding carboxylic acids is 2. The van der Waals surface area contributed by atoms with Crippen LogP contribution in [-0.2, 0) is 4.79 Å². The van der Waals surface area contributed by atoms with Gasteiger partial charge in [0.15, 0.2) is 0 Å². The predicted octanol–water partition coefficient (Wildman–Crippen LogP) is 1.71. The molecule has 0 fully saturated rings. The zero-order valence-electron chi connectivity index (χ0n) is 12.6. The number of amides is 2. The van der Waals surface area contributed by atoms with Crippen LogP contribution in [0.2, 0.25) is 0 Å². The van der Waals surface area contributed by atoms with E-state index in [2.05, 4.69) is 10.6 Å². The Balaban J connectivity index is 2.57. The summed E-state index contributed by atoms with van der Waals surface area (Å²) in [4.78, 5) is 25.0. The van der Waals surface area contributed by atoms with Crippen LogP contribution in [0.1, 0.15) is 30.6 Å². The second-order valence-electron chi connectivity index (χ2n) is 4.99. The van der Waals surface area contributed by atoms with Crippen molar-refractivity contribution in [2.75, 3.05) is 26.0 Å². The SMILES string of the molecule is CCNC(C)CC(=O)Nc1ccc(C(=O)N(C)C)cc1. The van der Waals surface area contributed by atoms with Gasteiger partial charge in [0.2, 0.25) is 5.91 Å². The number of hydrogen-bond donors (Lipinski definition) is 2. The molecule has 110 valence electrons. The summed E-state index contributed by atoms with van der Waals surface area (Å²) in [7, 11) is 3.42. The largest absolute Gasteiger partial charge is 0.345 e. The molecule has 0 saturated carbocycles. The van der Waals surface area contributed by atoms with Gasteiger partial charge in [0.25, 0.3) is 5.91 Å². The van der Waals surface area contributed by atoms with Crippen molar-refractivity contribution in [2.24, 2.45) is 0 Å². The quantitative estimate of drug-likeness (QED) is 0.832. The molecule has 0 aliphatic rings. The molecule has 1 aromatic carbocycles. The summed E-state index contributed by atoms with van der Waals surface area (Å²) in [5.41, 5.74) is 1.31. The molecule has 20 heavy (non-hydrogen) atoms. The van der Waals surface area contributed by atoms with Crippen LogP contribution in [0.4, 0.5) is 5.69 Å². The van der Waals surface area contributed by atoms with E-state index in [1.165, 1.54) is 4.90 Å². The summed E-state index contributed by atoms with van der Waals surface area (Å²) in [6, 6.07) is 7.06. The molecule has 5 heteroatoms. The smallest absolute Gasteiger partial charge is 0.253 e. The minimum absolute atomic E-state index is 0.0369. The van der Waals surface area contributed by atoms with Crippen molar-refractivity contribution in [3.05, 3.63) is 29.8 Å². The Bertz CT molecular complexity index is 455. The first-order chi connectivity index (χ1) is 9.43. The normalized spacial score (nSPS) is 11.8. The Morgan fingerprint density at radius 1 is 1.20 bits per heavy atom. The topological polar surface area (TPSA) is 61.4 Å². The van der Waals surface area contributed by atoms with Crippen molar-refractivity contribution in [2.45, 2.75) is 26.3 Å². The molecule has 0 aliphatic carbocycles. The average Bonchev–Trinajstić information content (AvgIpc) is 2.38. The Labute approximate surface area is 120 Å². The second kappa shape index (κ2) is 7.65. The molecular weight excluding hydrogens is 254 g/mol. The lowest BCUT2D eigenvalue weighted by Gasteiger charge is -2.13. The van der Waals surface area contributed by atoms with Crippen LogP contribution in [-0.4, -0.2) is 43.4 Å². The average molecular weight is 277 g/mol. The molecule has 0 radical (unpaired) electrons. The van der Waals surface area contributed by atoms with Gasteiger partial charge in [0.05, 0.1) is 0 Å². The molecule has 1 aromatic rings. The van der Waals surface area contributed by atoms with E-state index in [-0.39, 0.29) is 17.9 Å². The number of anilines is 1. The minimum atomic E-state index is -0.0522. The summed E-state index contributed by atoms with van der Waals surface area (Å²) in [5.74, 6) is -0.0891. The third kappa shape index (κ3) is 5.01. The molecule has 0 saturated heterocycles. The number of nitrogens with one attached hydrogen (secondary N) is 2. The van der Waals surface area contributed by atoms with E-state index < -0.39 is 0 Å². The van der Waals surface area contributed by atoms with Gasteiger partial charge < -0.3 is 15.5 Å². The molecule has 1 unspecified atom stereocenters. The van der Waals surface area contributed by atoms with Gasteiger partial charge in [-0.3, -0.25) is 9.59 Å². The van der Waals surface area contributed by atoms with Gasteiger partial charge in [-0.2, -0.15) is 0 Å². The molecule has 5 nitrogen and oxygen atoms in total. The molecule has 1 atom stereocenters. The van der Waals surface area contributed by atoms with E-state index in [1.807, 2.05) is 13.8 Å². The van der Waals surface area contributed by atoms with Gasteiger partial charge in [-0.15, -0.1) is 0 Å². The van der Waals surface area contributed by atoms with Gasteiger partial charge >= 0.3 is 0 Å². The maximum Gasteiger partial charge on any atom is 0.253 e. The van der Waals surface area contributed by atoms with Crippen molar-refractivity contribution < 1.29 is 9.59 Å². The number of nitrogens with zero attached hydrogens (tertiary/aromatic N) is 1. The summed E-state index contributed by atoms with van der Waals surface area (Å²) in [6.07, 6.45) is 0.423. The monoisotopic (exact) mass is 277 g/mol. The highest BCUT2D eigenvalue weighted by Crippen LogP contribution is 2.11. The lowest BCUT2D eigenvalue weighted by atomic mass is 10.1. The fourth-order valence-corrected chi connectivity index (χ4v) is 1.87. The molecule has 0 aromatic heterocycles. The fourth-order valence-electron chi connectivity index (χ4n) is 1.87. The van der Waals surface area contributed by atoms with Crippen molar-refractivity contribution in [1.29, 1.82) is 0 Å². The van der Waals surface area contributed by atoms with E-state index in [1.54, 1.807) is 38.4 Å². The Kier molecular flexibility index (Phi) is 6.18. The summed E-state index contributed by atoms with van der Waals surface area (Å²) in [6.45, 7) is 4.83. The summed E-state index contributed by atoms with van der Waals surface area (Å²) < 4.78 is 0. The fraction of sp³-hybridized carbons (Fsp3) is 0.467. The van der Waals surface area contributed by atoms with Gasteiger partial charge in [-0.25, -0.2) is 0 Å². The lowest BCUT2D eigenvalue weighted by molar-refractivity contribution is -0.116. The standard InChI is InChI=1S/C15H23N3O2/c1-5-16-11(2)10-14(19)17-13-8-6-12(7-9-13)15(20)18(3)4/h6-9,11,16H,5,10H2,1-4H3,(H,17,19). The van der Waals surface area contributed by atoms with Gasteiger partial charge in [0.1, 0.15) is 0 Å². The van der Waals surface area contributed by atoms with Crippen LogP contribution in [0, 0.1) is 0 Å². The summed E-state index contributed by atoms with van der Waals surface area (Å²) >= 11 is 0. The van der Waals surface area contributed by atoms with Gasteiger partial charge in [-0.1, -0.05) is 6.92 Å². The van der Waals surface area contributed by atoms with Gasteiger partial charge in [-0.05, 0) is 37.7 Å². The van der Waals surface area contributed by atoms with Crippen LogP contribution in [0.5, 0.6) is 0 Å². The van der Waals surface area contributed by atoms with Crippen LogP contribution in [0.25, 0.3) is 0 Å². The van der Waals surface area contributed by atoms with E-state index >= 15 is 0 Å². The van der Waals surface area contributed by atoms with Crippen LogP contribution >= 0.6 is 0 Å². The highest BCUT2D eigenvalue weighted by molar-refractivity contribution is 5.95. The zero-order valence-corrected chi connectivity index (χ0v) is 12.6. The number of carbonyl (C=O) groups is 2. The Hall–Kier alpha value is -1.88.